The fraction of sp³-hybridized carbons (Fsp3) is 0.167. The quantitative estimate of drug-likeness (QED) is 0.772. The molecule has 106 valence electrons. The molecular weight excluding hydrogens is 265 g/mol. The third kappa shape index (κ3) is 2.52. The summed E-state index contributed by atoms with van der Waals surface area (Å²) < 4.78 is 13.0. The lowest BCUT2D eigenvalue weighted by molar-refractivity contribution is 0.102. The van der Waals surface area contributed by atoms with Crippen molar-refractivity contribution in [3.8, 4) is 0 Å². The standard InChI is InChI=1S/C18H16FNO/c1-12-3-4-13-11-15(7-10-17(13)20-12)18(2,21)14-5-8-16(19)9-6-14/h3-11,21H,1-2H3. The van der Waals surface area contributed by atoms with Crippen molar-refractivity contribution in [1.29, 1.82) is 0 Å². The van der Waals surface area contributed by atoms with Gasteiger partial charge in [-0.25, -0.2) is 4.39 Å². The van der Waals surface area contributed by atoms with Gasteiger partial charge >= 0.3 is 0 Å². The first-order chi connectivity index (χ1) is 9.96. The Morgan fingerprint density at radius 3 is 2.33 bits per heavy atom. The zero-order valence-corrected chi connectivity index (χ0v) is 12.0. The van der Waals surface area contributed by atoms with Gasteiger partial charge in [-0.15, -0.1) is 0 Å². The Balaban J connectivity index is 2.09. The van der Waals surface area contributed by atoms with Crippen LogP contribution in [0.5, 0.6) is 0 Å². The molecule has 3 rings (SSSR count). The Labute approximate surface area is 122 Å². The smallest absolute Gasteiger partial charge is 0.123 e. The van der Waals surface area contributed by atoms with Gasteiger partial charge in [0, 0.05) is 11.1 Å². The van der Waals surface area contributed by atoms with E-state index in [1.54, 1.807) is 19.1 Å². The van der Waals surface area contributed by atoms with Crippen molar-refractivity contribution >= 4 is 10.9 Å². The van der Waals surface area contributed by atoms with Gasteiger partial charge in [-0.3, -0.25) is 4.98 Å². The minimum atomic E-state index is -1.17. The molecule has 1 aromatic heterocycles. The Hall–Kier alpha value is -2.26. The van der Waals surface area contributed by atoms with E-state index < -0.39 is 5.60 Å². The van der Waals surface area contributed by atoms with Crippen molar-refractivity contribution in [3.05, 3.63) is 77.2 Å². The molecule has 21 heavy (non-hydrogen) atoms. The summed E-state index contributed by atoms with van der Waals surface area (Å²) in [5.41, 5.74) is 2.09. The van der Waals surface area contributed by atoms with Gasteiger partial charge in [-0.1, -0.05) is 24.3 Å². The molecule has 1 unspecified atom stereocenters. The summed E-state index contributed by atoms with van der Waals surface area (Å²) in [6.45, 7) is 3.66. The minimum Gasteiger partial charge on any atom is -0.381 e. The van der Waals surface area contributed by atoms with Crippen LogP contribution in [0.4, 0.5) is 4.39 Å². The zero-order chi connectivity index (χ0) is 15.0. The monoisotopic (exact) mass is 281 g/mol. The molecule has 0 fully saturated rings. The number of fused-ring (bicyclic) bond motifs is 1. The first-order valence-electron chi connectivity index (χ1n) is 6.83. The molecule has 1 heterocycles. The lowest BCUT2D eigenvalue weighted by atomic mass is 9.87. The van der Waals surface area contributed by atoms with E-state index in [4.69, 9.17) is 0 Å². The Kier molecular flexibility index (Phi) is 3.22. The van der Waals surface area contributed by atoms with Crippen molar-refractivity contribution in [1.82, 2.24) is 4.98 Å². The van der Waals surface area contributed by atoms with Gasteiger partial charge in [-0.05, 0) is 55.3 Å². The fourth-order valence-electron chi connectivity index (χ4n) is 2.47. The molecule has 1 atom stereocenters. The van der Waals surface area contributed by atoms with Crippen LogP contribution in [0.3, 0.4) is 0 Å². The second-order valence-corrected chi connectivity index (χ2v) is 5.44. The molecule has 0 spiro atoms. The van der Waals surface area contributed by atoms with Crippen molar-refractivity contribution in [2.24, 2.45) is 0 Å². The number of halogens is 1. The molecule has 0 bridgehead atoms. The van der Waals surface area contributed by atoms with Gasteiger partial charge in [0.25, 0.3) is 0 Å². The summed E-state index contributed by atoms with van der Waals surface area (Å²) >= 11 is 0. The lowest BCUT2D eigenvalue weighted by Crippen LogP contribution is -2.22. The highest BCUT2D eigenvalue weighted by atomic mass is 19.1. The second-order valence-electron chi connectivity index (χ2n) is 5.44. The van der Waals surface area contributed by atoms with Gasteiger partial charge in [0.1, 0.15) is 11.4 Å². The summed E-state index contributed by atoms with van der Waals surface area (Å²) in [4.78, 5) is 4.45. The number of aliphatic hydroxyl groups is 1. The Bertz CT molecular complexity index is 794. The van der Waals surface area contributed by atoms with E-state index in [9.17, 15) is 9.50 Å². The zero-order valence-electron chi connectivity index (χ0n) is 12.0. The summed E-state index contributed by atoms with van der Waals surface area (Å²) in [5, 5.41) is 11.8. The molecule has 3 heteroatoms. The normalized spacial score (nSPS) is 14.1. The number of hydrogen-bond donors (Lipinski definition) is 1. The Morgan fingerprint density at radius 2 is 1.62 bits per heavy atom. The molecule has 2 aromatic carbocycles. The van der Waals surface area contributed by atoms with Crippen LogP contribution in [-0.2, 0) is 5.60 Å². The summed E-state index contributed by atoms with van der Waals surface area (Å²) in [5.74, 6) is -0.312. The minimum absolute atomic E-state index is 0.312. The number of hydrogen-bond acceptors (Lipinski definition) is 2. The maximum absolute atomic E-state index is 13.0. The highest BCUT2D eigenvalue weighted by Gasteiger charge is 2.25. The predicted molar refractivity (Wildman–Crippen MR) is 81.6 cm³/mol. The van der Waals surface area contributed by atoms with Crippen molar-refractivity contribution in [2.45, 2.75) is 19.4 Å². The van der Waals surface area contributed by atoms with E-state index in [0.717, 1.165) is 22.2 Å². The maximum atomic E-state index is 13.0. The van der Waals surface area contributed by atoms with E-state index in [1.165, 1.54) is 12.1 Å². The molecule has 0 saturated carbocycles. The van der Waals surface area contributed by atoms with E-state index >= 15 is 0 Å². The molecule has 0 aliphatic carbocycles. The highest BCUT2D eigenvalue weighted by Crippen LogP contribution is 2.31. The molecule has 0 amide bonds. The van der Waals surface area contributed by atoms with Crippen LogP contribution in [0, 0.1) is 12.7 Å². The third-order valence-corrected chi connectivity index (χ3v) is 3.80. The van der Waals surface area contributed by atoms with Crippen LogP contribution in [0.1, 0.15) is 23.7 Å². The van der Waals surface area contributed by atoms with E-state index in [0.29, 0.717) is 5.56 Å². The molecular formula is C18H16FNO. The van der Waals surface area contributed by atoms with Crippen LogP contribution >= 0.6 is 0 Å². The summed E-state index contributed by atoms with van der Waals surface area (Å²) in [7, 11) is 0. The number of aryl methyl sites for hydroxylation is 1. The highest BCUT2D eigenvalue weighted by molar-refractivity contribution is 5.79. The van der Waals surface area contributed by atoms with Crippen molar-refractivity contribution in [3.63, 3.8) is 0 Å². The van der Waals surface area contributed by atoms with Crippen LogP contribution in [0.2, 0.25) is 0 Å². The molecule has 0 radical (unpaired) electrons. The first-order valence-corrected chi connectivity index (χ1v) is 6.83. The number of nitrogens with zero attached hydrogens (tertiary/aromatic N) is 1. The van der Waals surface area contributed by atoms with Gasteiger partial charge in [0.2, 0.25) is 0 Å². The SMILES string of the molecule is Cc1ccc2cc(C(C)(O)c3ccc(F)cc3)ccc2n1. The van der Waals surface area contributed by atoms with E-state index in [2.05, 4.69) is 4.98 Å². The first kappa shape index (κ1) is 13.7. The van der Waals surface area contributed by atoms with Gasteiger partial charge in [0.05, 0.1) is 5.52 Å². The van der Waals surface area contributed by atoms with Crippen LogP contribution < -0.4 is 0 Å². The molecule has 0 aliphatic heterocycles. The van der Waals surface area contributed by atoms with Crippen LogP contribution in [-0.4, -0.2) is 10.1 Å². The molecule has 3 aromatic rings. The topological polar surface area (TPSA) is 33.1 Å². The van der Waals surface area contributed by atoms with Crippen molar-refractivity contribution < 1.29 is 9.50 Å². The lowest BCUT2D eigenvalue weighted by Gasteiger charge is -2.25. The number of pyridine rings is 1. The number of aromatic nitrogens is 1. The maximum Gasteiger partial charge on any atom is 0.123 e. The summed E-state index contributed by atoms with van der Waals surface area (Å²) in [6, 6.07) is 15.5. The summed E-state index contributed by atoms with van der Waals surface area (Å²) in [6.07, 6.45) is 0. The predicted octanol–water partition coefficient (Wildman–Crippen LogP) is 3.94. The largest absolute Gasteiger partial charge is 0.381 e. The molecule has 0 aliphatic rings. The molecule has 0 saturated heterocycles. The number of benzene rings is 2. The van der Waals surface area contributed by atoms with Gasteiger partial charge in [-0.2, -0.15) is 0 Å². The third-order valence-electron chi connectivity index (χ3n) is 3.80. The average Bonchev–Trinajstić information content (AvgIpc) is 2.47. The van der Waals surface area contributed by atoms with Crippen LogP contribution in [0.15, 0.2) is 54.6 Å². The van der Waals surface area contributed by atoms with Crippen LogP contribution in [0.25, 0.3) is 10.9 Å². The number of rotatable bonds is 2. The molecule has 2 nitrogen and oxygen atoms in total. The molecule has 1 N–H and O–H groups in total. The van der Waals surface area contributed by atoms with Gasteiger partial charge in [0.15, 0.2) is 0 Å². The van der Waals surface area contributed by atoms with E-state index in [1.807, 2.05) is 37.3 Å². The fourth-order valence-corrected chi connectivity index (χ4v) is 2.47. The second kappa shape index (κ2) is 4.93. The van der Waals surface area contributed by atoms with E-state index in [-0.39, 0.29) is 5.82 Å². The van der Waals surface area contributed by atoms with Crippen molar-refractivity contribution in [2.75, 3.05) is 0 Å². The Morgan fingerprint density at radius 1 is 0.952 bits per heavy atom. The van der Waals surface area contributed by atoms with Gasteiger partial charge < -0.3 is 5.11 Å². The average molecular weight is 281 g/mol.